The van der Waals surface area contributed by atoms with Crippen LogP contribution < -0.4 is 0 Å². The molecular weight excluding hydrogens is 255 g/mol. The van der Waals surface area contributed by atoms with Gasteiger partial charge in [0.2, 0.25) is 0 Å². The van der Waals surface area contributed by atoms with Gasteiger partial charge >= 0.3 is 0 Å². The summed E-state index contributed by atoms with van der Waals surface area (Å²) >= 11 is 0. The van der Waals surface area contributed by atoms with Crippen molar-refractivity contribution in [2.75, 3.05) is 26.7 Å². The van der Waals surface area contributed by atoms with E-state index in [0.29, 0.717) is 17.5 Å². The molecule has 108 valence electrons. The predicted octanol–water partition coefficient (Wildman–Crippen LogP) is 2.38. The van der Waals surface area contributed by atoms with E-state index in [0.717, 1.165) is 19.5 Å². The van der Waals surface area contributed by atoms with Gasteiger partial charge in [-0.1, -0.05) is 0 Å². The minimum absolute atomic E-state index is 0.0386. The van der Waals surface area contributed by atoms with Gasteiger partial charge in [0.15, 0.2) is 0 Å². The number of nitrogens with zero attached hydrogens (tertiary/aromatic N) is 2. The average Bonchev–Trinajstić information content (AvgIpc) is 2.47. The molecule has 0 N–H and O–H groups in total. The number of piperidine rings is 2. The van der Waals surface area contributed by atoms with Crippen molar-refractivity contribution in [3.63, 3.8) is 0 Å². The number of fused-ring (bicyclic) bond motifs is 1. The molecule has 0 radical (unpaired) electrons. The van der Waals surface area contributed by atoms with Crippen LogP contribution in [-0.2, 0) is 0 Å². The highest BCUT2D eigenvalue weighted by Crippen LogP contribution is 2.30. The normalized spacial score (nSPS) is 27.2. The van der Waals surface area contributed by atoms with Crippen LogP contribution in [0.4, 0.5) is 4.39 Å². The zero-order chi connectivity index (χ0) is 14.1. The van der Waals surface area contributed by atoms with Crippen molar-refractivity contribution in [3.05, 3.63) is 35.6 Å². The molecule has 3 nitrogen and oxygen atoms in total. The molecule has 2 saturated heterocycles. The highest BCUT2D eigenvalue weighted by Gasteiger charge is 2.35. The summed E-state index contributed by atoms with van der Waals surface area (Å²) < 4.78 is 12.9. The SMILES string of the molecule is CN1CCCC2CN(C(=O)c3ccc(F)cc3)CCC21. The molecule has 2 aliphatic rings. The molecule has 0 bridgehead atoms. The summed E-state index contributed by atoms with van der Waals surface area (Å²) in [5, 5.41) is 0. The Morgan fingerprint density at radius 3 is 2.70 bits per heavy atom. The smallest absolute Gasteiger partial charge is 0.253 e. The standard InChI is InChI=1S/C16H21FN2O/c1-18-9-2-3-13-11-19(10-8-15(13)18)16(20)12-4-6-14(17)7-5-12/h4-7,13,15H,2-3,8-11H2,1H3. The van der Waals surface area contributed by atoms with Crippen LogP contribution in [0.25, 0.3) is 0 Å². The minimum atomic E-state index is -0.297. The molecule has 0 saturated carbocycles. The number of hydrogen-bond acceptors (Lipinski definition) is 2. The molecule has 2 atom stereocenters. The number of likely N-dealkylation sites (tertiary alicyclic amines) is 2. The summed E-state index contributed by atoms with van der Waals surface area (Å²) in [5.74, 6) is 0.331. The third kappa shape index (κ3) is 2.57. The van der Waals surface area contributed by atoms with E-state index < -0.39 is 0 Å². The number of carbonyl (C=O) groups excluding carboxylic acids is 1. The van der Waals surface area contributed by atoms with Crippen LogP contribution in [0.15, 0.2) is 24.3 Å². The molecule has 1 aromatic rings. The average molecular weight is 276 g/mol. The maximum atomic E-state index is 12.9. The first-order valence-electron chi connectivity index (χ1n) is 7.40. The number of halogens is 1. The van der Waals surface area contributed by atoms with E-state index in [1.54, 1.807) is 12.1 Å². The Kier molecular flexibility index (Phi) is 3.74. The number of hydrogen-bond donors (Lipinski definition) is 0. The summed E-state index contributed by atoms with van der Waals surface area (Å²) in [6.45, 7) is 2.82. The van der Waals surface area contributed by atoms with Gasteiger partial charge in [-0.25, -0.2) is 4.39 Å². The van der Waals surface area contributed by atoms with Gasteiger partial charge < -0.3 is 9.80 Å². The molecule has 2 heterocycles. The lowest BCUT2D eigenvalue weighted by Gasteiger charge is -2.46. The molecule has 0 spiro atoms. The van der Waals surface area contributed by atoms with E-state index in [4.69, 9.17) is 0 Å². The minimum Gasteiger partial charge on any atom is -0.338 e. The molecule has 2 unspecified atom stereocenters. The van der Waals surface area contributed by atoms with Gasteiger partial charge in [-0.2, -0.15) is 0 Å². The molecule has 4 heteroatoms. The van der Waals surface area contributed by atoms with Crippen molar-refractivity contribution < 1.29 is 9.18 Å². The Balaban J connectivity index is 1.69. The van der Waals surface area contributed by atoms with E-state index in [-0.39, 0.29) is 11.7 Å². The highest BCUT2D eigenvalue weighted by atomic mass is 19.1. The number of amides is 1. The van der Waals surface area contributed by atoms with Gasteiger partial charge in [0.1, 0.15) is 5.82 Å². The van der Waals surface area contributed by atoms with Gasteiger partial charge in [0.05, 0.1) is 0 Å². The Morgan fingerprint density at radius 1 is 1.20 bits per heavy atom. The Bertz CT molecular complexity index is 488. The molecule has 1 aromatic carbocycles. The van der Waals surface area contributed by atoms with Crippen molar-refractivity contribution in [3.8, 4) is 0 Å². The predicted molar refractivity (Wildman–Crippen MR) is 76.1 cm³/mol. The largest absolute Gasteiger partial charge is 0.338 e. The summed E-state index contributed by atoms with van der Waals surface area (Å²) in [6.07, 6.45) is 3.48. The van der Waals surface area contributed by atoms with Crippen molar-refractivity contribution >= 4 is 5.91 Å². The molecule has 0 aromatic heterocycles. The van der Waals surface area contributed by atoms with E-state index in [1.807, 2.05) is 4.90 Å². The van der Waals surface area contributed by atoms with Crippen molar-refractivity contribution in [2.45, 2.75) is 25.3 Å². The lowest BCUT2D eigenvalue weighted by molar-refractivity contribution is 0.0317. The molecule has 20 heavy (non-hydrogen) atoms. The third-order valence-electron chi connectivity index (χ3n) is 4.72. The number of rotatable bonds is 1. The third-order valence-corrected chi connectivity index (χ3v) is 4.72. The lowest BCUT2D eigenvalue weighted by Crippen LogP contribution is -2.53. The Hall–Kier alpha value is -1.42. The van der Waals surface area contributed by atoms with E-state index in [2.05, 4.69) is 11.9 Å². The van der Waals surface area contributed by atoms with Gasteiger partial charge in [-0.15, -0.1) is 0 Å². The van der Waals surface area contributed by atoms with Crippen LogP contribution in [0.2, 0.25) is 0 Å². The molecule has 0 aliphatic carbocycles. The second kappa shape index (κ2) is 5.52. The maximum Gasteiger partial charge on any atom is 0.253 e. The van der Waals surface area contributed by atoms with Crippen LogP contribution in [0.3, 0.4) is 0 Å². The van der Waals surface area contributed by atoms with Crippen LogP contribution in [-0.4, -0.2) is 48.4 Å². The second-order valence-electron chi connectivity index (χ2n) is 6.00. The van der Waals surface area contributed by atoms with Crippen LogP contribution in [0.5, 0.6) is 0 Å². The van der Waals surface area contributed by atoms with Crippen molar-refractivity contribution in [1.82, 2.24) is 9.80 Å². The fraction of sp³-hybridized carbons (Fsp3) is 0.562. The van der Waals surface area contributed by atoms with Crippen LogP contribution >= 0.6 is 0 Å². The monoisotopic (exact) mass is 276 g/mol. The van der Waals surface area contributed by atoms with Gasteiger partial charge in [0, 0.05) is 24.7 Å². The number of carbonyl (C=O) groups is 1. The van der Waals surface area contributed by atoms with E-state index in [1.165, 1.54) is 31.5 Å². The first-order chi connectivity index (χ1) is 9.65. The Labute approximate surface area is 119 Å². The van der Waals surface area contributed by atoms with Crippen LogP contribution in [0.1, 0.15) is 29.6 Å². The molecule has 3 rings (SSSR count). The van der Waals surface area contributed by atoms with Crippen molar-refractivity contribution in [1.29, 1.82) is 0 Å². The van der Waals surface area contributed by atoms with Gasteiger partial charge in [-0.05, 0) is 63.0 Å². The van der Waals surface area contributed by atoms with E-state index >= 15 is 0 Å². The van der Waals surface area contributed by atoms with Gasteiger partial charge in [0.25, 0.3) is 5.91 Å². The molecule has 1 amide bonds. The summed E-state index contributed by atoms with van der Waals surface area (Å²) in [7, 11) is 2.19. The topological polar surface area (TPSA) is 23.6 Å². The van der Waals surface area contributed by atoms with Gasteiger partial charge in [-0.3, -0.25) is 4.79 Å². The summed E-state index contributed by atoms with van der Waals surface area (Å²) in [4.78, 5) is 16.8. The fourth-order valence-corrected chi connectivity index (χ4v) is 3.61. The lowest BCUT2D eigenvalue weighted by atomic mass is 9.84. The van der Waals surface area contributed by atoms with Crippen molar-refractivity contribution in [2.24, 2.45) is 5.92 Å². The first kappa shape index (κ1) is 13.6. The zero-order valence-corrected chi connectivity index (χ0v) is 11.9. The quantitative estimate of drug-likeness (QED) is 0.786. The Morgan fingerprint density at radius 2 is 1.95 bits per heavy atom. The number of benzene rings is 1. The second-order valence-corrected chi connectivity index (χ2v) is 6.00. The fourth-order valence-electron chi connectivity index (χ4n) is 3.61. The van der Waals surface area contributed by atoms with E-state index in [9.17, 15) is 9.18 Å². The zero-order valence-electron chi connectivity index (χ0n) is 11.9. The summed E-state index contributed by atoms with van der Waals surface area (Å²) in [5.41, 5.74) is 0.592. The highest BCUT2D eigenvalue weighted by molar-refractivity contribution is 5.94. The maximum absolute atomic E-state index is 12.9. The summed E-state index contributed by atoms with van der Waals surface area (Å²) in [6, 6.07) is 6.50. The molecule has 2 aliphatic heterocycles. The molecule has 2 fully saturated rings. The first-order valence-corrected chi connectivity index (χ1v) is 7.40. The molecular formula is C16H21FN2O. The van der Waals surface area contributed by atoms with Crippen LogP contribution in [0, 0.1) is 11.7 Å².